The van der Waals surface area contributed by atoms with E-state index in [1.165, 1.54) is 0 Å². The van der Waals surface area contributed by atoms with Gasteiger partial charge in [-0.25, -0.2) is 0 Å². The van der Waals surface area contributed by atoms with Crippen LogP contribution in [0.5, 0.6) is 0 Å². The molecular weight excluding hydrogens is 90.1 g/mol. The van der Waals surface area contributed by atoms with E-state index in [2.05, 4.69) is 0 Å². The Labute approximate surface area is 56.3 Å². The number of primary amides is 1. The van der Waals surface area contributed by atoms with Crippen molar-refractivity contribution >= 4 is 5.91 Å². The Bertz CT molecular complexity index is 248. The molecule has 0 aliphatic heterocycles. The van der Waals surface area contributed by atoms with Crippen LogP contribution in [0, 0.1) is 5.41 Å². The van der Waals surface area contributed by atoms with Gasteiger partial charge in [-0.15, -0.1) is 0 Å². The quantitative estimate of drug-likeness (QED) is 0.485. The highest BCUT2D eigenvalue weighted by Gasteiger charge is 2.16. The standard InChI is InChI=1S/C5H11NO/c1-5(2,3)4(6)7/h1-3H3,(H2,6,7)/i1D3,2D3,3D3. The molecular formula is C5H11NO. The lowest BCUT2D eigenvalue weighted by Crippen LogP contribution is -2.27. The van der Waals surface area contributed by atoms with Gasteiger partial charge < -0.3 is 5.73 Å². The number of carbonyl (C=O) groups excluding carboxylic acids is 1. The first-order valence-corrected chi connectivity index (χ1v) is 1.49. The van der Waals surface area contributed by atoms with Gasteiger partial charge in [-0.2, -0.15) is 0 Å². The van der Waals surface area contributed by atoms with Crippen molar-refractivity contribution in [2.75, 3.05) is 0 Å². The topological polar surface area (TPSA) is 43.1 Å². The fourth-order valence-corrected chi connectivity index (χ4v) is 0. The highest BCUT2D eigenvalue weighted by molar-refractivity contribution is 5.79. The first-order chi connectivity index (χ1) is 6.69. The summed E-state index contributed by atoms with van der Waals surface area (Å²) < 4.78 is 62.9. The Morgan fingerprint density at radius 3 is 2.14 bits per heavy atom. The molecule has 0 aliphatic rings. The van der Waals surface area contributed by atoms with Crippen molar-refractivity contribution in [1.29, 1.82) is 0 Å². The molecule has 42 valence electrons. The monoisotopic (exact) mass is 110 g/mol. The molecule has 0 aromatic carbocycles. The zero-order chi connectivity index (χ0) is 13.6. The number of amides is 1. The number of nitrogens with two attached hydrogens (primary N) is 1. The minimum absolute atomic E-state index is 1.88. The van der Waals surface area contributed by atoms with Crippen LogP contribution in [-0.4, -0.2) is 5.91 Å². The first kappa shape index (κ1) is 0.925. The van der Waals surface area contributed by atoms with Crippen LogP contribution in [0.4, 0.5) is 0 Å². The van der Waals surface area contributed by atoms with E-state index in [0.717, 1.165) is 0 Å². The molecule has 0 heterocycles. The van der Waals surface area contributed by atoms with Gasteiger partial charge in [-0.05, 0) is 0 Å². The second-order valence-corrected chi connectivity index (χ2v) is 1.11. The fraction of sp³-hybridized carbons (Fsp3) is 0.800. The third-order valence-electron chi connectivity index (χ3n) is 0.370. The van der Waals surface area contributed by atoms with Crippen molar-refractivity contribution in [2.45, 2.75) is 20.6 Å². The summed E-state index contributed by atoms with van der Waals surface area (Å²) in [6, 6.07) is 0. The maximum Gasteiger partial charge on any atom is 0.222 e. The van der Waals surface area contributed by atoms with Crippen LogP contribution >= 0.6 is 0 Å². The van der Waals surface area contributed by atoms with Crippen LogP contribution < -0.4 is 5.73 Å². The minimum Gasteiger partial charge on any atom is -0.369 e. The van der Waals surface area contributed by atoms with Gasteiger partial charge in [-0.3, -0.25) is 4.79 Å². The van der Waals surface area contributed by atoms with Crippen LogP contribution in [-0.2, 0) is 4.79 Å². The third-order valence-corrected chi connectivity index (χ3v) is 0.370. The minimum atomic E-state index is -3.55. The number of hydrogen-bond donors (Lipinski definition) is 1. The summed E-state index contributed by atoms with van der Waals surface area (Å²) in [5.74, 6) is -1.88. The molecule has 0 saturated heterocycles. The van der Waals surface area contributed by atoms with Gasteiger partial charge in [0, 0.05) is 17.8 Å². The van der Waals surface area contributed by atoms with E-state index in [1.807, 2.05) is 0 Å². The van der Waals surface area contributed by atoms with Crippen LogP contribution in [0.1, 0.15) is 32.9 Å². The zero-order valence-electron chi connectivity index (χ0n) is 12.5. The lowest BCUT2D eigenvalue weighted by atomic mass is 9.96. The SMILES string of the molecule is [2H]C([2H])([2H])C(C(N)=O)(C([2H])([2H])[2H])C([2H])([2H])[2H]. The summed E-state index contributed by atoms with van der Waals surface area (Å²) in [6.45, 7) is -10.6. The van der Waals surface area contributed by atoms with E-state index < -0.39 is 31.9 Å². The van der Waals surface area contributed by atoms with Gasteiger partial charge in [0.25, 0.3) is 0 Å². The van der Waals surface area contributed by atoms with E-state index in [-0.39, 0.29) is 0 Å². The smallest absolute Gasteiger partial charge is 0.222 e. The van der Waals surface area contributed by atoms with Crippen LogP contribution in [0.2, 0.25) is 0 Å². The maximum atomic E-state index is 11.1. The van der Waals surface area contributed by atoms with Gasteiger partial charge in [0.2, 0.25) is 5.91 Å². The van der Waals surface area contributed by atoms with Crippen molar-refractivity contribution in [2.24, 2.45) is 11.1 Å². The van der Waals surface area contributed by atoms with Crippen molar-refractivity contribution in [3.63, 3.8) is 0 Å². The van der Waals surface area contributed by atoms with Crippen molar-refractivity contribution in [3.05, 3.63) is 0 Å². The molecule has 0 rings (SSSR count). The normalized spacial score (nSPS) is 35.7. The molecule has 0 aromatic heterocycles. The lowest BCUT2D eigenvalue weighted by molar-refractivity contribution is -0.125. The van der Waals surface area contributed by atoms with E-state index in [4.69, 9.17) is 18.1 Å². The van der Waals surface area contributed by atoms with E-state index in [9.17, 15) is 4.79 Å². The molecule has 2 N–H and O–H groups in total. The molecule has 2 heteroatoms. The predicted molar refractivity (Wildman–Crippen MR) is 28.6 cm³/mol. The van der Waals surface area contributed by atoms with E-state index >= 15 is 0 Å². The fourth-order valence-electron chi connectivity index (χ4n) is 0. The highest BCUT2D eigenvalue weighted by atomic mass is 16.1. The summed E-state index contributed by atoms with van der Waals surface area (Å²) in [5, 5.41) is 0. The van der Waals surface area contributed by atoms with Crippen molar-refractivity contribution < 1.29 is 17.1 Å². The van der Waals surface area contributed by atoms with Crippen LogP contribution in [0.25, 0.3) is 0 Å². The average Bonchev–Trinajstić information content (AvgIpc) is 1.71. The van der Waals surface area contributed by atoms with Gasteiger partial charge in [0.05, 0.1) is 0 Å². The van der Waals surface area contributed by atoms with Gasteiger partial charge >= 0.3 is 0 Å². The van der Waals surface area contributed by atoms with Crippen LogP contribution in [0.15, 0.2) is 0 Å². The molecule has 0 saturated carbocycles. The predicted octanol–water partition coefficient (Wildman–Crippen LogP) is 0.518. The Morgan fingerprint density at radius 2 is 2.14 bits per heavy atom. The summed E-state index contributed by atoms with van der Waals surface area (Å²) in [5.41, 5.74) is 1.16. The summed E-state index contributed by atoms with van der Waals surface area (Å²) >= 11 is 0. The van der Waals surface area contributed by atoms with Crippen LogP contribution in [0.3, 0.4) is 0 Å². The van der Waals surface area contributed by atoms with Gasteiger partial charge in [0.1, 0.15) is 0 Å². The first-order valence-electron chi connectivity index (χ1n) is 5.99. The molecule has 2 nitrogen and oxygen atoms in total. The number of rotatable bonds is 0. The number of carbonyl (C=O) groups is 1. The Hall–Kier alpha value is -0.530. The van der Waals surface area contributed by atoms with Crippen molar-refractivity contribution in [3.8, 4) is 0 Å². The molecule has 0 aromatic rings. The molecule has 0 bridgehead atoms. The highest BCUT2D eigenvalue weighted by Crippen LogP contribution is 2.09. The second-order valence-electron chi connectivity index (χ2n) is 1.11. The molecule has 0 atom stereocenters. The molecule has 0 spiro atoms. The summed E-state index contributed by atoms with van der Waals surface area (Å²) in [7, 11) is 0. The second kappa shape index (κ2) is 1.52. The average molecular weight is 110 g/mol. The molecule has 0 radical (unpaired) electrons. The zero-order valence-corrected chi connectivity index (χ0v) is 3.49. The van der Waals surface area contributed by atoms with Gasteiger partial charge in [0.15, 0.2) is 0 Å². The number of hydrogen-bond acceptors (Lipinski definition) is 1. The van der Waals surface area contributed by atoms with Crippen molar-refractivity contribution in [1.82, 2.24) is 0 Å². The largest absolute Gasteiger partial charge is 0.369 e. The summed E-state index contributed by atoms with van der Waals surface area (Å²) in [6.07, 6.45) is 0. The van der Waals surface area contributed by atoms with E-state index in [1.54, 1.807) is 0 Å². The molecule has 0 aliphatic carbocycles. The maximum absolute atomic E-state index is 11.1. The molecule has 0 fully saturated rings. The van der Waals surface area contributed by atoms with E-state index in [0.29, 0.717) is 0 Å². The Morgan fingerprint density at radius 1 is 1.71 bits per heavy atom. The summed E-state index contributed by atoms with van der Waals surface area (Å²) in [4.78, 5) is 11.1. The van der Waals surface area contributed by atoms with Gasteiger partial charge in [-0.1, -0.05) is 20.6 Å². The lowest BCUT2D eigenvalue weighted by Gasteiger charge is -2.10. The molecule has 7 heavy (non-hydrogen) atoms. The molecule has 0 unspecified atom stereocenters. The molecule has 1 amide bonds. The Balaban J connectivity index is 6.17. The third kappa shape index (κ3) is 2.20. The Kier molecular flexibility index (Phi) is 0.201.